The number of sulfone groups is 1. The molecule has 1 fully saturated rings. The summed E-state index contributed by atoms with van der Waals surface area (Å²) < 4.78 is 24.1. The Bertz CT molecular complexity index is 500. The van der Waals surface area contributed by atoms with Gasteiger partial charge in [-0.1, -0.05) is 0 Å². The van der Waals surface area contributed by atoms with Gasteiger partial charge < -0.3 is 5.73 Å². The van der Waals surface area contributed by atoms with E-state index < -0.39 is 9.84 Å². The van der Waals surface area contributed by atoms with E-state index in [2.05, 4.69) is 27.4 Å². The van der Waals surface area contributed by atoms with Crippen LogP contribution in [0.3, 0.4) is 0 Å². The van der Waals surface area contributed by atoms with Gasteiger partial charge in [-0.2, -0.15) is 0 Å². The molecule has 1 saturated heterocycles. The molecule has 0 amide bonds. The van der Waals surface area contributed by atoms with E-state index >= 15 is 0 Å². The Hall–Kier alpha value is 0.0500. The average molecular weight is 339 g/mol. The van der Waals surface area contributed by atoms with Crippen molar-refractivity contribution in [1.29, 1.82) is 0 Å². The molecule has 0 aromatic carbocycles. The lowest BCUT2D eigenvalue weighted by Gasteiger charge is -2.25. The maximum absolute atomic E-state index is 11.5. The molecule has 1 aliphatic rings. The number of hydrogen-bond donors (Lipinski definition) is 1. The summed E-state index contributed by atoms with van der Waals surface area (Å²) in [4.78, 5) is 2.03. The van der Waals surface area contributed by atoms with Crippen molar-refractivity contribution in [3.8, 4) is 0 Å². The Kier molecular flexibility index (Phi) is 3.94. The van der Waals surface area contributed by atoms with Crippen LogP contribution in [-0.2, 0) is 16.4 Å². The summed E-state index contributed by atoms with van der Waals surface area (Å²) in [6.45, 7) is 0.732. The normalized spacial score (nSPS) is 27.8. The van der Waals surface area contributed by atoms with E-state index in [1.54, 1.807) is 11.3 Å². The highest BCUT2D eigenvalue weighted by molar-refractivity contribution is 9.11. The zero-order chi connectivity index (χ0) is 12.6. The minimum atomic E-state index is -2.95. The summed E-state index contributed by atoms with van der Waals surface area (Å²) in [7, 11) is -1.02. The van der Waals surface area contributed by atoms with Gasteiger partial charge in [-0.3, -0.25) is 4.90 Å². The number of hydrogen-bond acceptors (Lipinski definition) is 5. The molecule has 2 N–H and O–H groups in total. The minimum Gasteiger partial charge on any atom is -0.325 e. The van der Waals surface area contributed by atoms with Crippen LogP contribution < -0.4 is 5.73 Å². The van der Waals surface area contributed by atoms with Gasteiger partial charge in [0, 0.05) is 18.6 Å². The predicted molar refractivity (Wildman–Crippen MR) is 73.9 cm³/mol. The zero-order valence-electron chi connectivity index (χ0n) is 9.47. The van der Waals surface area contributed by atoms with Crippen LogP contribution in [0.2, 0.25) is 0 Å². The molecule has 2 unspecified atom stereocenters. The van der Waals surface area contributed by atoms with Crippen molar-refractivity contribution in [2.45, 2.75) is 18.6 Å². The number of halogens is 1. The van der Waals surface area contributed by atoms with Gasteiger partial charge in [0.15, 0.2) is 9.84 Å². The van der Waals surface area contributed by atoms with Gasteiger partial charge in [-0.15, -0.1) is 11.3 Å². The highest BCUT2D eigenvalue weighted by Crippen LogP contribution is 2.23. The number of rotatable bonds is 3. The molecule has 1 aliphatic heterocycles. The van der Waals surface area contributed by atoms with Crippen LogP contribution in [-0.4, -0.2) is 44.0 Å². The standard InChI is InChI=1S/C10H15BrN2O2S2/c1-13(3-7-2-10(11)16-4-7)9-6-17(14,15)5-8(9)12/h2,4,8-9H,3,5-6,12H2,1H3. The molecule has 1 aromatic rings. The second-order valence-corrected chi connectivity index (χ2v) is 8.93. The lowest BCUT2D eigenvalue weighted by atomic mass is 10.1. The summed E-state index contributed by atoms with van der Waals surface area (Å²) in [6.07, 6.45) is 0. The third kappa shape index (κ3) is 3.29. The van der Waals surface area contributed by atoms with Gasteiger partial charge >= 0.3 is 0 Å². The number of nitrogens with two attached hydrogens (primary N) is 1. The van der Waals surface area contributed by atoms with Gasteiger partial charge in [0.05, 0.1) is 15.3 Å². The average Bonchev–Trinajstić information content (AvgIpc) is 2.70. The molecule has 96 valence electrons. The van der Waals surface area contributed by atoms with E-state index in [1.807, 2.05) is 11.9 Å². The van der Waals surface area contributed by atoms with E-state index in [-0.39, 0.29) is 23.6 Å². The fourth-order valence-electron chi connectivity index (χ4n) is 2.14. The fraction of sp³-hybridized carbons (Fsp3) is 0.600. The first-order valence-electron chi connectivity index (χ1n) is 5.26. The van der Waals surface area contributed by atoms with Crippen LogP contribution in [0.4, 0.5) is 0 Å². The maximum atomic E-state index is 11.5. The van der Waals surface area contributed by atoms with E-state index in [1.165, 1.54) is 5.56 Å². The highest BCUT2D eigenvalue weighted by Gasteiger charge is 2.37. The van der Waals surface area contributed by atoms with E-state index in [4.69, 9.17) is 5.73 Å². The van der Waals surface area contributed by atoms with Crippen molar-refractivity contribution in [2.24, 2.45) is 5.73 Å². The lowest BCUT2D eigenvalue weighted by Crippen LogP contribution is -2.44. The lowest BCUT2D eigenvalue weighted by molar-refractivity contribution is 0.236. The molecule has 2 rings (SSSR count). The van der Waals surface area contributed by atoms with Crippen LogP contribution in [0.5, 0.6) is 0 Å². The number of nitrogens with zero attached hydrogens (tertiary/aromatic N) is 1. The van der Waals surface area contributed by atoms with Gasteiger partial charge in [0.2, 0.25) is 0 Å². The first-order valence-corrected chi connectivity index (χ1v) is 8.76. The molecule has 0 spiro atoms. The molecule has 0 bridgehead atoms. The van der Waals surface area contributed by atoms with Gasteiger partial charge in [0.1, 0.15) is 0 Å². The fourth-order valence-corrected chi connectivity index (χ4v) is 5.31. The van der Waals surface area contributed by atoms with Crippen LogP contribution >= 0.6 is 27.3 Å². The molecular formula is C10H15BrN2O2S2. The van der Waals surface area contributed by atoms with Crippen molar-refractivity contribution in [2.75, 3.05) is 18.6 Å². The Morgan fingerprint density at radius 2 is 2.29 bits per heavy atom. The van der Waals surface area contributed by atoms with E-state index in [9.17, 15) is 8.42 Å². The maximum Gasteiger partial charge on any atom is 0.153 e. The third-order valence-electron chi connectivity index (χ3n) is 2.99. The monoisotopic (exact) mass is 338 g/mol. The van der Waals surface area contributed by atoms with Crippen molar-refractivity contribution in [1.82, 2.24) is 4.90 Å². The number of likely N-dealkylation sites (N-methyl/N-ethyl adjacent to an activating group) is 1. The Balaban J connectivity index is 2.03. The van der Waals surface area contributed by atoms with Crippen LogP contribution in [0.1, 0.15) is 5.56 Å². The smallest absolute Gasteiger partial charge is 0.153 e. The topological polar surface area (TPSA) is 63.4 Å². The Morgan fingerprint density at radius 1 is 1.59 bits per heavy atom. The largest absolute Gasteiger partial charge is 0.325 e. The second-order valence-electron chi connectivity index (χ2n) is 4.48. The van der Waals surface area contributed by atoms with Gasteiger partial charge in [-0.25, -0.2) is 8.42 Å². The molecule has 0 aliphatic carbocycles. The quantitative estimate of drug-likeness (QED) is 0.895. The molecule has 4 nitrogen and oxygen atoms in total. The third-order valence-corrected chi connectivity index (χ3v) is 6.28. The Morgan fingerprint density at radius 3 is 2.76 bits per heavy atom. The summed E-state index contributed by atoms with van der Waals surface area (Å²) in [6, 6.07) is 1.71. The summed E-state index contributed by atoms with van der Waals surface area (Å²) in [5.74, 6) is 0.283. The van der Waals surface area contributed by atoms with Gasteiger partial charge in [-0.05, 0) is 40.0 Å². The van der Waals surface area contributed by atoms with E-state index in [0.29, 0.717) is 0 Å². The molecule has 0 radical (unpaired) electrons. The van der Waals surface area contributed by atoms with Crippen molar-refractivity contribution >= 4 is 37.1 Å². The first kappa shape index (κ1) is 13.5. The van der Waals surface area contributed by atoms with Crippen LogP contribution in [0.15, 0.2) is 15.2 Å². The minimum absolute atomic E-state index is 0.0707. The van der Waals surface area contributed by atoms with Crippen molar-refractivity contribution in [3.63, 3.8) is 0 Å². The van der Waals surface area contributed by atoms with Crippen molar-refractivity contribution < 1.29 is 8.42 Å². The molecule has 2 heterocycles. The molecular weight excluding hydrogens is 324 g/mol. The number of thiophene rings is 1. The summed E-state index contributed by atoms with van der Waals surface area (Å²) in [5.41, 5.74) is 7.07. The SMILES string of the molecule is CN(Cc1csc(Br)c1)C1CS(=O)(=O)CC1N. The molecule has 0 saturated carbocycles. The first-order chi connectivity index (χ1) is 7.87. The summed E-state index contributed by atoms with van der Waals surface area (Å²) in [5, 5.41) is 2.07. The predicted octanol–water partition coefficient (Wildman–Crippen LogP) is 1.07. The molecule has 17 heavy (non-hydrogen) atoms. The highest BCUT2D eigenvalue weighted by atomic mass is 79.9. The summed E-state index contributed by atoms with van der Waals surface area (Å²) >= 11 is 5.04. The van der Waals surface area contributed by atoms with E-state index in [0.717, 1.165) is 10.3 Å². The molecule has 7 heteroatoms. The second kappa shape index (κ2) is 4.97. The van der Waals surface area contributed by atoms with Crippen molar-refractivity contribution in [3.05, 3.63) is 20.8 Å². The molecule has 2 atom stereocenters. The molecule has 1 aromatic heterocycles. The van der Waals surface area contributed by atoms with Gasteiger partial charge in [0.25, 0.3) is 0 Å². The Labute approximate surface area is 114 Å². The van der Waals surface area contributed by atoms with Crippen LogP contribution in [0, 0.1) is 0 Å². The zero-order valence-corrected chi connectivity index (χ0v) is 12.7. The van der Waals surface area contributed by atoms with Crippen LogP contribution in [0.25, 0.3) is 0 Å².